The number of hydrogen-bond donors (Lipinski definition) is 1. The molecule has 0 aliphatic heterocycles. The Balaban J connectivity index is 2.91. The van der Waals surface area contributed by atoms with E-state index in [1.807, 2.05) is 6.07 Å². The fourth-order valence-corrected chi connectivity index (χ4v) is 1.36. The zero-order valence-corrected chi connectivity index (χ0v) is 7.06. The van der Waals surface area contributed by atoms with Crippen LogP contribution in [0.3, 0.4) is 0 Å². The maximum atomic E-state index is 13.4. The molecule has 0 radical (unpaired) electrons. The van der Waals surface area contributed by atoms with Gasteiger partial charge < -0.3 is 4.98 Å². The van der Waals surface area contributed by atoms with Gasteiger partial charge in [0.25, 0.3) is 0 Å². The Hall–Kier alpha value is -1.82. The molecule has 0 fully saturated rings. The van der Waals surface area contributed by atoms with Crippen LogP contribution >= 0.6 is 0 Å². The number of nitrogens with one attached hydrogen (secondary N) is 1. The zero-order valence-electron chi connectivity index (χ0n) is 7.06. The van der Waals surface area contributed by atoms with E-state index in [0.717, 1.165) is 0 Å². The van der Waals surface area contributed by atoms with Gasteiger partial charge in [0.2, 0.25) is 0 Å². The van der Waals surface area contributed by atoms with Crippen molar-refractivity contribution in [2.75, 3.05) is 0 Å². The minimum absolute atomic E-state index is 0.279. The Morgan fingerprint density at radius 1 is 1.46 bits per heavy atom. The molecule has 0 spiro atoms. The molecule has 0 amide bonds. The molecule has 0 saturated heterocycles. The van der Waals surface area contributed by atoms with Crippen LogP contribution in [-0.2, 0) is 0 Å². The topological polar surface area (TPSA) is 39.6 Å². The molecule has 0 bridgehead atoms. The number of fused-ring (bicyclic) bond motifs is 1. The molecule has 1 aromatic heterocycles. The molecular formula is C10H7FN2. The van der Waals surface area contributed by atoms with Gasteiger partial charge in [-0.3, -0.25) is 0 Å². The van der Waals surface area contributed by atoms with Gasteiger partial charge >= 0.3 is 0 Å². The summed E-state index contributed by atoms with van der Waals surface area (Å²) in [7, 11) is 0. The van der Waals surface area contributed by atoms with E-state index in [9.17, 15) is 4.39 Å². The number of nitrogens with zero attached hydrogens (tertiary/aromatic N) is 1. The summed E-state index contributed by atoms with van der Waals surface area (Å²) in [6, 6.07) is 5.42. The van der Waals surface area contributed by atoms with Crippen LogP contribution in [-0.4, -0.2) is 4.98 Å². The molecular weight excluding hydrogens is 167 g/mol. The van der Waals surface area contributed by atoms with Crippen molar-refractivity contribution < 1.29 is 4.39 Å². The van der Waals surface area contributed by atoms with E-state index in [1.165, 1.54) is 6.20 Å². The van der Waals surface area contributed by atoms with Crippen LogP contribution in [0, 0.1) is 24.1 Å². The van der Waals surface area contributed by atoms with E-state index in [0.29, 0.717) is 22.0 Å². The summed E-state index contributed by atoms with van der Waals surface area (Å²) >= 11 is 0. The number of hydrogen-bond acceptors (Lipinski definition) is 1. The lowest BCUT2D eigenvalue weighted by molar-refractivity contribution is 0.628. The normalized spacial score (nSPS) is 10.2. The van der Waals surface area contributed by atoms with Crippen LogP contribution in [0.5, 0.6) is 0 Å². The summed E-state index contributed by atoms with van der Waals surface area (Å²) in [5, 5.41) is 9.34. The van der Waals surface area contributed by atoms with Crippen molar-refractivity contribution in [2.45, 2.75) is 6.92 Å². The van der Waals surface area contributed by atoms with Crippen LogP contribution in [0.25, 0.3) is 10.9 Å². The molecule has 0 atom stereocenters. The minimum atomic E-state index is -0.279. The van der Waals surface area contributed by atoms with E-state index in [2.05, 4.69) is 4.98 Å². The number of rotatable bonds is 0. The molecule has 64 valence electrons. The second-order valence-electron chi connectivity index (χ2n) is 2.93. The largest absolute Gasteiger partial charge is 0.357 e. The van der Waals surface area contributed by atoms with Crippen LogP contribution in [0.15, 0.2) is 18.3 Å². The quantitative estimate of drug-likeness (QED) is 0.654. The van der Waals surface area contributed by atoms with Crippen molar-refractivity contribution >= 4 is 10.9 Å². The number of halogens is 1. The summed E-state index contributed by atoms with van der Waals surface area (Å²) in [5.74, 6) is -0.279. The summed E-state index contributed by atoms with van der Waals surface area (Å²) in [6.07, 6.45) is 1.52. The lowest BCUT2D eigenvalue weighted by atomic mass is 10.1. The molecule has 2 aromatic rings. The first-order valence-electron chi connectivity index (χ1n) is 3.90. The van der Waals surface area contributed by atoms with Gasteiger partial charge in [-0.2, -0.15) is 5.26 Å². The van der Waals surface area contributed by atoms with Gasteiger partial charge in [0.1, 0.15) is 11.9 Å². The number of nitriles is 1. The minimum Gasteiger partial charge on any atom is -0.357 e. The van der Waals surface area contributed by atoms with Crippen molar-refractivity contribution in [3.63, 3.8) is 0 Å². The highest BCUT2D eigenvalue weighted by Gasteiger charge is 2.08. The lowest BCUT2D eigenvalue weighted by Gasteiger charge is -1.96. The third kappa shape index (κ3) is 0.994. The van der Waals surface area contributed by atoms with Gasteiger partial charge in [0.05, 0.1) is 11.1 Å². The number of H-pyrrole nitrogens is 1. The summed E-state index contributed by atoms with van der Waals surface area (Å²) in [6.45, 7) is 1.70. The second-order valence-corrected chi connectivity index (χ2v) is 2.93. The Labute approximate surface area is 74.6 Å². The van der Waals surface area contributed by atoms with Crippen molar-refractivity contribution in [3.8, 4) is 6.07 Å². The average molecular weight is 174 g/mol. The van der Waals surface area contributed by atoms with E-state index >= 15 is 0 Å². The van der Waals surface area contributed by atoms with Crippen molar-refractivity contribution in [1.29, 1.82) is 5.26 Å². The van der Waals surface area contributed by atoms with Crippen LogP contribution < -0.4 is 0 Å². The predicted octanol–water partition coefficient (Wildman–Crippen LogP) is 2.49. The SMILES string of the molecule is Cc1ccc2c(C#N)c[nH]c2c1F. The van der Waals surface area contributed by atoms with Gasteiger partial charge in [-0.15, -0.1) is 0 Å². The fourth-order valence-electron chi connectivity index (χ4n) is 1.36. The molecule has 1 N–H and O–H groups in total. The maximum Gasteiger partial charge on any atom is 0.150 e. The van der Waals surface area contributed by atoms with Gasteiger partial charge in [-0.1, -0.05) is 12.1 Å². The summed E-state index contributed by atoms with van der Waals surface area (Å²) in [4.78, 5) is 2.75. The predicted molar refractivity (Wildman–Crippen MR) is 47.7 cm³/mol. The number of benzene rings is 1. The smallest absolute Gasteiger partial charge is 0.150 e. The van der Waals surface area contributed by atoms with Gasteiger partial charge in [-0.05, 0) is 12.5 Å². The molecule has 0 aliphatic rings. The van der Waals surface area contributed by atoms with Gasteiger partial charge in [0.15, 0.2) is 0 Å². The third-order valence-corrected chi connectivity index (χ3v) is 2.11. The Morgan fingerprint density at radius 3 is 2.92 bits per heavy atom. The zero-order chi connectivity index (χ0) is 9.42. The third-order valence-electron chi connectivity index (χ3n) is 2.11. The lowest BCUT2D eigenvalue weighted by Crippen LogP contribution is -1.83. The van der Waals surface area contributed by atoms with Crippen molar-refractivity contribution in [2.24, 2.45) is 0 Å². The highest BCUT2D eigenvalue weighted by atomic mass is 19.1. The molecule has 0 unspecified atom stereocenters. The van der Waals surface area contributed by atoms with E-state index in [4.69, 9.17) is 5.26 Å². The average Bonchev–Trinajstić information content (AvgIpc) is 2.55. The first-order chi connectivity index (χ1) is 6.24. The molecule has 3 heteroatoms. The Kier molecular flexibility index (Phi) is 1.56. The summed E-state index contributed by atoms with van der Waals surface area (Å²) in [5.41, 5.74) is 1.48. The van der Waals surface area contributed by atoms with E-state index in [-0.39, 0.29) is 5.82 Å². The van der Waals surface area contributed by atoms with E-state index in [1.54, 1.807) is 19.1 Å². The molecule has 0 aliphatic carbocycles. The number of aromatic nitrogens is 1. The monoisotopic (exact) mass is 174 g/mol. The van der Waals surface area contributed by atoms with Crippen molar-refractivity contribution in [1.82, 2.24) is 4.98 Å². The Morgan fingerprint density at radius 2 is 2.23 bits per heavy atom. The standard InChI is InChI=1S/C10H7FN2/c1-6-2-3-8-7(4-12)5-13-10(8)9(6)11/h2-3,5,13H,1H3. The molecule has 2 rings (SSSR count). The molecule has 13 heavy (non-hydrogen) atoms. The molecule has 0 saturated carbocycles. The maximum absolute atomic E-state index is 13.4. The highest BCUT2D eigenvalue weighted by Crippen LogP contribution is 2.22. The highest BCUT2D eigenvalue weighted by molar-refractivity contribution is 5.86. The number of aromatic amines is 1. The van der Waals surface area contributed by atoms with E-state index < -0.39 is 0 Å². The fraction of sp³-hybridized carbons (Fsp3) is 0.100. The first kappa shape index (κ1) is 7.81. The van der Waals surface area contributed by atoms with Gasteiger partial charge in [0, 0.05) is 11.6 Å². The first-order valence-corrected chi connectivity index (χ1v) is 3.90. The van der Waals surface area contributed by atoms with Crippen LogP contribution in [0.2, 0.25) is 0 Å². The molecule has 1 aromatic carbocycles. The van der Waals surface area contributed by atoms with Crippen molar-refractivity contribution in [3.05, 3.63) is 35.3 Å². The molecule has 2 nitrogen and oxygen atoms in total. The van der Waals surface area contributed by atoms with Crippen LogP contribution in [0.4, 0.5) is 4.39 Å². The van der Waals surface area contributed by atoms with Gasteiger partial charge in [-0.25, -0.2) is 4.39 Å². The van der Waals surface area contributed by atoms with Crippen LogP contribution in [0.1, 0.15) is 11.1 Å². The molecule has 1 heterocycles. The number of aryl methyl sites for hydroxylation is 1. The second kappa shape index (κ2) is 2.60. The Bertz CT molecular complexity index is 505. The summed E-state index contributed by atoms with van der Waals surface area (Å²) < 4.78 is 13.4.